The van der Waals surface area contributed by atoms with Gasteiger partial charge in [0, 0.05) is 13.4 Å². The molecule has 1 rings (SSSR count). The molecule has 0 aromatic heterocycles. The minimum atomic E-state index is 1.08. The van der Waals surface area contributed by atoms with E-state index in [0.29, 0.717) is 0 Å². The lowest BCUT2D eigenvalue weighted by molar-refractivity contribution is 1.29. The molecule has 0 nitrogen and oxygen atoms in total. The van der Waals surface area contributed by atoms with Crippen molar-refractivity contribution in [2.75, 3.05) is 0 Å². The third-order valence-corrected chi connectivity index (χ3v) is 5.17. The number of benzene rings is 1. The van der Waals surface area contributed by atoms with E-state index in [1.807, 2.05) is 0 Å². The Bertz CT molecular complexity index is 266. The monoisotopic (exact) mass is 340 g/mol. The minimum Gasteiger partial charge on any atom is -0.0496 e. The van der Waals surface area contributed by atoms with E-state index in [4.69, 9.17) is 0 Å². The Morgan fingerprint density at radius 1 is 1.00 bits per heavy atom. The second kappa shape index (κ2) is 3.58. The van der Waals surface area contributed by atoms with Crippen LogP contribution in [0.2, 0.25) is 0 Å². The van der Waals surface area contributed by atoms with Crippen LogP contribution in [0.3, 0.4) is 0 Å². The standard InChI is InChI=1S/C8H7Br3/c1-4-3-6(9)8(11)7(10)5(4)2/h3H,1-2H3. The third kappa shape index (κ3) is 1.87. The molecule has 0 radical (unpaired) electrons. The lowest BCUT2D eigenvalue weighted by Gasteiger charge is -2.06. The Labute approximate surface area is 91.8 Å². The summed E-state index contributed by atoms with van der Waals surface area (Å²) in [4.78, 5) is 0. The fourth-order valence-corrected chi connectivity index (χ4v) is 2.55. The van der Waals surface area contributed by atoms with E-state index >= 15 is 0 Å². The van der Waals surface area contributed by atoms with Gasteiger partial charge in [0.15, 0.2) is 0 Å². The average Bonchev–Trinajstić information content (AvgIpc) is 1.97. The maximum Gasteiger partial charge on any atom is 0.0462 e. The molecule has 0 bridgehead atoms. The van der Waals surface area contributed by atoms with Crippen LogP contribution in [0.1, 0.15) is 11.1 Å². The van der Waals surface area contributed by atoms with Gasteiger partial charge in [-0.3, -0.25) is 0 Å². The van der Waals surface area contributed by atoms with Crippen molar-refractivity contribution in [3.63, 3.8) is 0 Å². The smallest absolute Gasteiger partial charge is 0.0462 e. The van der Waals surface area contributed by atoms with Crippen molar-refractivity contribution in [1.29, 1.82) is 0 Å². The SMILES string of the molecule is Cc1cc(Br)c(Br)c(Br)c1C. The first-order valence-corrected chi connectivity index (χ1v) is 5.52. The zero-order valence-electron chi connectivity index (χ0n) is 6.21. The van der Waals surface area contributed by atoms with Crippen molar-refractivity contribution >= 4 is 47.8 Å². The van der Waals surface area contributed by atoms with Gasteiger partial charge in [-0.05, 0) is 78.8 Å². The predicted octanol–water partition coefficient (Wildman–Crippen LogP) is 4.59. The first-order chi connectivity index (χ1) is 5.04. The summed E-state index contributed by atoms with van der Waals surface area (Å²) >= 11 is 10.4. The number of hydrogen-bond acceptors (Lipinski definition) is 0. The molecule has 0 spiro atoms. The number of halogens is 3. The maximum atomic E-state index is 3.50. The van der Waals surface area contributed by atoms with Gasteiger partial charge in [-0.2, -0.15) is 0 Å². The molecule has 0 atom stereocenters. The predicted molar refractivity (Wildman–Crippen MR) is 59.0 cm³/mol. The number of hydrogen-bond donors (Lipinski definition) is 0. The summed E-state index contributed by atoms with van der Waals surface area (Å²) in [5.74, 6) is 0. The van der Waals surface area contributed by atoms with Crippen LogP contribution in [0.5, 0.6) is 0 Å². The topological polar surface area (TPSA) is 0 Å². The van der Waals surface area contributed by atoms with E-state index in [0.717, 1.165) is 13.4 Å². The van der Waals surface area contributed by atoms with Crippen LogP contribution in [0.4, 0.5) is 0 Å². The zero-order valence-corrected chi connectivity index (χ0v) is 11.0. The van der Waals surface area contributed by atoms with E-state index < -0.39 is 0 Å². The molecule has 0 heterocycles. The maximum absolute atomic E-state index is 3.50. The highest BCUT2D eigenvalue weighted by atomic mass is 79.9. The van der Waals surface area contributed by atoms with Gasteiger partial charge >= 0.3 is 0 Å². The molecule has 1 aromatic rings. The number of aryl methyl sites for hydroxylation is 1. The van der Waals surface area contributed by atoms with Gasteiger partial charge in [0.2, 0.25) is 0 Å². The van der Waals surface area contributed by atoms with Crippen molar-refractivity contribution in [2.24, 2.45) is 0 Å². The minimum absolute atomic E-state index is 1.08. The highest BCUT2D eigenvalue weighted by Gasteiger charge is 2.06. The molecule has 0 saturated heterocycles. The Hall–Kier alpha value is 0.660. The highest BCUT2D eigenvalue weighted by Crippen LogP contribution is 2.35. The third-order valence-electron chi connectivity index (χ3n) is 1.67. The van der Waals surface area contributed by atoms with Gasteiger partial charge in [-0.25, -0.2) is 0 Å². The molecule has 1 aromatic carbocycles. The van der Waals surface area contributed by atoms with Crippen LogP contribution in [-0.4, -0.2) is 0 Å². The molecular weight excluding hydrogens is 336 g/mol. The molecule has 0 aliphatic heterocycles. The molecule has 0 amide bonds. The summed E-state index contributed by atoms with van der Waals surface area (Å²) < 4.78 is 3.30. The summed E-state index contributed by atoms with van der Waals surface area (Å²) in [7, 11) is 0. The zero-order chi connectivity index (χ0) is 8.59. The first-order valence-electron chi connectivity index (χ1n) is 3.14. The van der Waals surface area contributed by atoms with Crippen molar-refractivity contribution < 1.29 is 0 Å². The van der Waals surface area contributed by atoms with E-state index in [9.17, 15) is 0 Å². The molecule has 0 saturated carbocycles. The van der Waals surface area contributed by atoms with Gasteiger partial charge in [0.25, 0.3) is 0 Å². The Morgan fingerprint density at radius 3 is 2.09 bits per heavy atom. The molecule has 0 N–H and O–H groups in total. The number of rotatable bonds is 0. The molecule has 0 fully saturated rings. The Morgan fingerprint density at radius 2 is 1.55 bits per heavy atom. The fourth-order valence-electron chi connectivity index (χ4n) is 0.804. The quantitative estimate of drug-likeness (QED) is 0.605. The Kier molecular flexibility index (Phi) is 3.18. The van der Waals surface area contributed by atoms with Gasteiger partial charge in [0.1, 0.15) is 0 Å². The normalized spacial score (nSPS) is 10.3. The fraction of sp³-hybridized carbons (Fsp3) is 0.250. The molecule has 60 valence electrons. The van der Waals surface area contributed by atoms with Gasteiger partial charge in [0.05, 0.1) is 0 Å². The largest absolute Gasteiger partial charge is 0.0496 e. The van der Waals surface area contributed by atoms with E-state index in [1.54, 1.807) is 0 Å². The van der Waals surface area contributed by atoms with Crippen molar-refractivity contribution in [2.45, 2.75) is 13.8 Å². The summed E-state index contributed by atoms with van der Waals surface area (Å²) in [5, 5.41) is 0. The lowest BCUT2D eigenvalue weighted by Crippen LogP contribution is -1.84. The average molecular weight is 343 g/mol. The summed E-state index contributed by atoms with van der Waals surface area (Å²) in [6.45, 7) is 4.19. The molecule has 0 aliphatic rings. The van der Waals surface area contributed by atoms with E-state index in [2.05, 4.69) is 67.7 Å². The van der Waals surface area contributed by atoms with E-state index in [1.165, 1.54) is 11.1 Å². The molecule has 11 heavy (non-hydrogen) atoms. The Balaban J connectivity index is 3.46. The van der Waals surface area contributed by atoms with Crippen LogP contribution in [0, 0.1) is 13.8 Å². The van der Waals surface area contributed by atoms with Crippen LogP contribution in [0.25, 0.3) is 0 Å². The van der Waals surface area contributed by atoms with Crippen molar-refractivity contribution in [3.05, 3.63) is 30.6 Å². The van der Waals surface area contributed by atoms with Crippen LogP contribution >= 0.6 is 47.8 Å². The van der Waals surface area contributed by atoms with Gasteiger partial charge in [-0.15, -0.1) is 0 Å². The lowest BCUT2D eigenvalue weighted by atomic mass is 10.1. The molecule has 3 heteroatoms. The summed E-state index contributed by atoms with van der Waals surface area (Å²) in [6, 6.07) is 2.10. The molecule has 0 unspecified atom stereocenters. The van der Waals surface area contributed by atoms with Gasteiger partial charge < -0.3 is 0 Å². The molecular formula is C8H7Br3. The second-order valence-electron chi connectivity index (χ2n) is 2.43. The summed E-state index contributed by atoms with van der Waals surface area (Å²) in [6.07, 6.45) is 0. The van der Waals surface area contributed by atoms with Crippen LogP contribution < -0.4 is 0 Å². The second-order valence-corrected chi connectivity index (χ2v) is 4.87. The van der Waals surface area contributed by atoms with Crippen molar-refractivity contribution in [1.82, 2.24) is 0 Å². The van der Waals surface area contributed by atoms with E-state index in [-0.39, 0.29) is 0 Å². The molecule has 0 aliphatic carbocycles. The van der Waals surface area contributed by atoms with Crippen LogP contribution in [0.15, 0.2) is 19.5 Å². The first kappa shape index (κ1) is 9.75. The van der Waals surface area contributed by atoms with Gasteiger partial charge in [-0.1, -0.05) is 0 Å². The highest BCUT2D eigenvalue weighted by molar-refractivity contribution is 9.14. The van der Waals surface area contributed by atoms with Crippen molar-refractivity contribution in [3.8, 4) is 0 Å². The summed E-state index contributed by atoms with van der Waals surface area (Å²) in [5.41, 5.74) is 2.56. The van der Waals surface area contributed by atoms with Crippen LogP contribution in [-0.2, 0) is 0 Å².